The van der Waals surface area contributed by atoms with E-state index in [-0.39, 0.29) is 24.3 Å². The fourth-order valence-electron chi connectivity index (χ4n) is 3.08. The van der Waals surface area contributed by atoms with Gasteiger partial charge in [0.15, 0.2) is 18.7 Å². The molecule has 0 fully saturated rings. The van der Waals surface area contributed by atoms with Crippen LogP contribution in [0.15, 0.2) is 47.0 Å². The maximum Gasteiger partial charge on any atom is 0.341 e. The third-order valence-electron chi connectivity index (χ3n) is 4.50. The summed E-state index contributed by atoms with van der Waals surface area (Å²) in [5, 5.41) is 21.6. The van der Waals surface area contributed by atoms with Crippen LogP contribution < -0.4 is 10.5 Å². The van der Waals surface area contributed by atoms with Crippen LogP contribution in [0.5, 0.6) is 11.5 Å². The zero-order chi connectivity index (χ0) is 27.1. The highest BCUT2D eigenvalue weighted by Gasteiger charge is 2.11. The zero-order valence-corrected chi connectivity index (χ0v) is 20.9. The Labute approximate surface area is 210 Å². The monoisotopic (exact) mass is 499 g/mol. The molecule has 2 aromatic carbocycles. The van der Waals surface area contributed by atoms with E-state index in [4.69, 9.17) is 19.2 Å². The van der Waals surface area contributed by atoms with Crippen molar-refractivity contribution in [2.24, 2.45) is 5.73 Å². The van der Waals surface area contributed by atoms with Gasteiger partial charge in [-0.3, -0.25) is 9.59 Å². The highest BCUT2D eigenvalue weighted by molar-refractivity contribution is 5.81. The lowest BCUT2D eigenvalue weighted by Gasteiger charge is -2.05. The van der Waals surface area contributed by atoms with Gasteiger partial charge in [0.25, 0.3) is 0 Å². The van der Waals surface area contributed by atoms with Crippen molar-refractivity contribution in [2.45, 2.75) is 26.2 Å². The molecule has 0 saturated heterocycles. The minimum absolute atomic E-state index is 0.0587. The van der Waals surface area contributed by atoms with E-state index in [1.807, 2.05) is 51.2 Å². The number of carbonyl (C=O) groups excluding carboxylic acids is 2. The number of phenolic OH excluding ortho intramolecular Hbond substituents is 1. The maximum atomic E-state index is 10.5. The number of aromatic nitrogens is 1. The van der Waals surface area contributed by atoms with Gasteiger partial charge < -0.3 is 30.1 Å². The van der Waals surface area contributed by atoms with Crippen molar-refractivity contribution in [2.75, 3.05) is 27.7 Å². The Balaban J connectivity index is 0.000000288. The molecule has 10 nitrogen and oxygen atoms in total. The number of ether oxygens (including phenoxy) is 1. The number of primary amides is 1. The van der Waals surface area contributed by atoms with Gasteiger partial charge in [-0.15, -0.1) is 0 Å². The van der Waals surface area contributed by atoms with Crippen LogP contribution in [-0.2, 0) is 22.4 Å². The Morgan fingerprint density at radius 3 is 2.28 bits per heavy atom. The van der Waals surface area contributed by atoms with Crippen LogP contribution in [-0.4, -0.2) is 66.7 Å². The van der Waals surface area contributed by atoms with Gasteiger partial charge in [0.2, 0.25) is 6.41 Å². The number of aryl methyl sites for hydroxylation is 3. The average Bonchev–Trinajstić information content (AvgIpc) is 3.46. The zero-order valence-electron chi connectivity index (χ0n) is 20.9. The van der Waals surface area contributed by atoms with Crippen LogP contribution in [0.2, 0.25) is 0 Å². The van der Waals surface area contributed by atoms with Gasteiger partial charge in [-0.2, -0.15) is 0 Å². The van der Waals surface area contributed by atoms with Gasteiger partial charge in [0.1, 0.15) is 11.5 Å². The second-order valence-corrected chi connectivity index (χ2v) is 8.17. The van der Waals surface area contributed by atoms with E-state index in [1.54, 1.807) is 12.1 Å². The molecule has 0 spiro atoms. The van der Waals surface area contributed by atoms with E-state index in [2.05, 4.69) is 10.9 Å². The quantitative estimate of drug-likeness (QED) is 0.449. The van der Waals surface area contributed by atoms with E-state index >= 15 is 0 Å². The number of nitrogens with two attached hydrogens (primary N) is 1. The SMILES string of the molecule is CN(C)C.Cc1cc(-c2ccc(C=O)c(O)c2)on1.NC=O.O=C(O)COc1ccc2c(c1)CCC2. The number of rotatable bonds is 5. The third kappa shape index (κ3) is 10.8. The molecule has 1 aromatic heterocycles. The van der Waals surface area contributed by atoms with Crippen molar-refractivity contribution < 1.29 is 33.9 Å². The molecular formula is C26H33N3O7. The van der Waals surface area contributed by atoms with E-state index in [0.717, 1.165) is 18.5 Å². The van der Waals surface area contributed by atoms with Crippen molar-refractivity contribution in [3.8, 4) is 22.8 Å². The molecule has 0 unspecified atom stereocenters. The van der Waals surface area contributed by atoms with Crippen molar-refractivity contribution >= 4 is 18.7 Å². The Morgan fingerprint density at radius 1 is 1.11 bits per heavy atom. The molecule has 1 aliphatic rings. The number of aldehydes is 1. The fraction of sp³-hybridized carbons (Fsp3) is 0.308. The molecule has 10 heteroatoms. The lowest BCUT2D eigenvalue weighted by Crippen LogP contribution is -2.09. The standard InChI is InChI=1S/C11H9NO3.C11H12O3.C3H9N.CH3NO/c1-7-4-11(15-12-7)8-2-3-9(6-13)10(14)5-8;12-11(13)7-14-10-5-4-8-2-1-3-9(8)6-10;1-4(2)3;2-1-3/h2-6,14H,1H3;4-6H,1-3,7H2,(H,12,13);1-3H3;1H,(H2,2,3). The van der Waals surface area contributed by atoms with E-state index in [9.17, 15) is 14.7 Å². The van der Waals surface area contributed by atoms with E-state index < -0.39 is 5.97 Å². The molecule has 0 saturated carbocycles. The van der Waals surface area contributed by atoms with Crippen molar-refractivity contribution in [3.63, 3.8) is 0 Å². The van der Waals surface area contributed by atoms with Crippen molar-refractivity contribution in [1.29, 1.82) is 0 Å². The molecule has 3 aromatic rings. The summed E-state index contributed by atoms with van der Waals surface area (Å²) in [6.45, 7) is 1.55. The second kappa shape index (κ2) is 15.7. The molecule has 36 heavy (non-hydrogen) atoms. The number of aliphatic carboxylic acids is 1. The molecular weight excluding hydrogens is 466 g/mol. The molecule has 194 valence electrons. The predicted octanol–water partition coefficient (Wildman–Crippen LogP) is 3.09. The first-order valence-electron chi connectivity index (χ1n) is 11.1. The Morgan fingerprint density at radius 2 is 1.75 bits per heavy atom. The number of fused-ring (bicyclic) bond motifs is 1. The van der Waals surface area contributed by atoms with Gasteiger partial charge in [-0.25, -0.2) is 4.79 Å². The van der Waals surface area contributed by atoms with Crippen LogP contribution in [0, 0.1) is 6.92 Å². The van der Waals surface area contributed by atoms with Crippen LogP contribution >= 0.6 is 0 Å². The van der Waals surface area contributed by atoms with Crippen LogP contribution in [0.3, 0.4) is 0 Å². The summed E-state index contributed by atoms with van der Waals surface area (Å²) in [5.74, 6) is 0.232. The van der Waals surface area contributed by atoms with Crippen LogP contribution in [0.4, 0.5) is 0 Å². The Bertz CT molecular complexity index is 1120. The first-order chi connectivity index (χ1) is 17.1. The van der Waals surface area contributed by atoms with E-state index in [1.165, 1.54) is 29.7 Å². The largest absolute Gasteiger partial charge is 0.507 e. The lowest BCUT2D eigenvalue weighted by atomic mass is 10.1. The number of carboxylic acids is 1. The fourth-order valence-corrected chi connectivity index (χ4v) is 3.08. The van der Waals surface area contributed by atoms with Crippen LogP contribution in [0.1, 0.15) is 33.6 Å². The predicted molar refractivity (Wildman–Crippen MR) is 135 cm³/mol. The smallest absolute Gasteiger partial charge is 0.341 e. The second-order valence-electron chi connectivity index (χ2n) is 8.17. The minimum atomic E-state index is -0.939. The van der Waals surface area contributed by atoms with Gasteiger partial charge in [-0.1, -0.05) is 17.3 Å². The van der Waals surface area contributed by atoms with E-state index in [0.29, 0.717) is 23.4 Å². The number of hydrogen-bond donors (Lipinski definition) is 3. The van der Waals surface area contributed by atoms with Gasteiger partial charge in [0.05, 0.1) is 11.3 Å². The number of carboxylic acid groups (broad SMARTS) is 1. The third-order valence-corrected chi connectivity index (χ3v) is 4.50. The summed E-state index contributed by atoms with van der Waals surface area (Å²) < 4.78 is 10.1. The number of aromatic hydroxyl groups is 1. The molecule has 4 N–H and O–H groups in total. The molecule has 1 aliphatic carbocycles. The molecule has 0 radical (unpaired) electrons. The first-order valence-corrected chi connectivity index (χ1v) is 11.1. The first kappa shape index (κ1) is 29.9. The molecule has 4 rings (SSSR count). The Hall–Kier alpha value is -4.18. The summed E-state index contributed by atoms with van der Waals surface area (Å²) in [6.07, 6.45) is 4.26. The summed E-state index contributed by atoms with van der Waals surface area (Å²) in [4.78, 5) is 31.3. The molecule has 1 amide bonds. The minimum Gasteiger partial charge on any atom is -0.507 e. The number of amides is 1. The van der Waals surface area contributed by atoms with Gasteiger partial charge in [0, 0.05) is 11.6 Å². The van der Waals surface area contributed by atoms with Gasteiger partial charge >= 0.3 is 5.97 Å². The average molecular weight is 500 g/mol. The maximum absolute atomic E-state index is 10.5. The topological polar surface area (TPSA) is 156 Å². The number of phenols is 1. The number of nitrogens with zero attached hydrogens (tertiary/aromatic N) is 2. The van der Waals surface area contributed by atoms with Gasteiger partial charge in [-0.05, 0) is 82.7 Å². The summed E-state index contributed by atoms with van der Waals surface area (Å²) >= 11 is 0. The number of benzene rings is 2. The molecule has 0 bridgehead atoms. The van der Waals surface area contributed by atoms with Crippen LogP contribution in [0.25, 0.3) is 11.3 Å². The number of carbonyl (C=O) groups is 3. The lowest BCUT2D eigenvalue weighted by molar-refractivity contribution is -0.139. The normalized spacial score (nSPS) is 10.9. The summed E-state index contributed by atoms with van der Waals surface area (Å²) in [6, 6.07) is 12.3. The van der Waals surface area contributed by atoms with Crippen molar-refractivity contribution in [1.82, 2.24) is 10.1 Å². The highest BCUT2D eigenvalue weighted by atomic mass is 16.5. The highest BCUT2D eigenvalue weighted by Crippen LogP contribution is 2.27. The number of hydrogen-bond acceptors (Lipinski definition) is 8. The molecule has 0 aliphatic heterocycles. The summed E-state index contributed by atoms with van der Waals surface area (Å²) in [5.41, 5.74) is 8.55. The summed E-state index contributed by atoms with van der Waals surface area (Å²) in [7, 11) is 6.00. The van der Waals surface area contributed by atoms with Crippen molar-refractivity contribution in [3.05, 3.63) is 64.8 Å². The molecule has 0 atom stereocenters. The Kier molecular flexibility index (Phi) is 13.0. The molecule has 1 heterocycles.